The highest BCUT2D eigenvalue weighted by molar-refractivity contribution is 7.92. The summed E-state index contributed by atoms with van der Waals surface area (Å²) in [4.78, 5) is 13.8. The predicted molar refractivity (Wildman–Crippen MR) is 78.8 cm³/mol. The Morgan fingerprint density at radius 2 is 1.95 bits per heavy atom. The summed E-state index contributed by atoms with van der Waals surface area (Å²) in [6.45, 7) is 0.394. The third-order valence-corrected chi connectivity index (χ3v) is 5.79. The van der Waals surface area contributed by atoms with Gasteiger partial charge in [-0.2, -0.15) is 0 Å². The van der Waals surface area contributed by atoms with Crippen molar-refractivity contribution < 1.29 is 13.2 Å². The van der Waals surface area contributed by atoms with E-state index in [4.69, 9.17) is 5.73 Å². The molecule has 1 aliphatic rings. The van der Waals surface area contributed by atoms with Crippen LogP contribution in [0.5, 0.6) is 0 Å². The third kappa shape index (κ3) is 3.30. The van der Waals surface area contributed by atoms with Gasteiger partial charge in [-0.1, -0.05) is 18.6 Å². The second kappa shape index (κ2) is 5.83. The summed E-state index contributed by atoms with van der Waals surface area (Å²) in [7, 11) is -1.64. The zero-order valence-electron chi connectivity index (χ0n) is 11.6. The van der Waals surface area contributed by atoms with Crippen LogP contribution in [-0.2, 0) is 21.2 Å². The highest BCUT2D eigenvalue weighted by Gasteiger charge is 2.36. The molecular weight excluding hydrogens is 276 g/mol. The van der Waals surface area contributed by atoms with Gasteiger partial charge in [0.1, 0.15) is 5.25 Å². The van der Waals surface area contributed by atoms with Crippen LogP contribution < -0.4 is 5.73 Å². The third-order valence-electron chi connectivity index (χ3n) is 3.63. The van der Waals surface area contributed by atoms with Gasteiger partial charge in [0.15, 0.2) is 9.84 Å². The molecule has 1 aliphatic heterocycles. The largest absolute Gasteiger partial charge is 0.399 e. The molecule has 1 atom stereocenters. The van der Waals surface area contributed by atoms with Crippen molar-refractivity contribution in [2.24, 2.45) is 0 Å². The van der Waals surface area contributed by atoms with Crippen molar-refractivity contribution in [3.63, 3.8) is 0 Å². The smallest absolute Gasteiger partial charge is 0.240 e. The number of benzene rings is 1. The minimum Gasteiger partial charge on any atom is -0.399 e. The zero-order valence-corrected chi connectivity index (χ0v) is 12.4. The maximum Gasteiger partial charge on any atom is 0.240 e. The first-order chi connectivity index (χ1) is 9.40. The summed E-state index contributed by atoms with van der Waals surface area (Å²) in [6.07, 6.45) is 1.90. The van der Waals surface area contributed by atoms with E-state index in [2.05, 4.69) is 0 Å². The SMILES string of the molecule is CN(Cc1ccc(N)cc1)C(=O)C1CCCCS1(=O)=O. The number of carbonyl (C=O) groups excluding carboxylic acids is 1. The van der Waals surface area contributed by atoms with Gasteiger partial charge in [-0.3, -0.25) is 4.79 Å². The van der Waals surface area contributed by atoms with Crippen LogP contribution in [0.1, 0.15) is 24.8 Å². The molecule has 1 aromatic carbocycles. The zero-order chi connectivity index (χ0) is 14.8. The minimum atomic E-state index is -3.28. The van der Waals surface area contributed by atoms with Gasteiger partial charge >= 0.3 is 0 Å². The highest BCUT2D eigenvalue weighted by Crippen LogP contribution is 2.21. The number of hydrogen-bond acceptors (Lipinski definition) is 4. The summed E-state index contributed by atoms with van der Waals surface area (Å²) >= 11 is 0. The van der Waals surface area contributed by atoms with Gasteiger partial charge in [-0.05, 0) is 30.5 Å². The molecule has 5 nitrogen and oxygen atoms in total. The van der Waals surface area contributed by atoms with E-state index in [-0.39, 0.29) is 11.7 Å². The Bertz CT molecular complexity index is 581. The molecule has 110 valence electrons. The standard InChI is InChI=1S/C14H20N2O3S/c1-16(10-11-5-7-12(15)8-6-11)14(17)13-4-2-3-9-20(13,18)19/h5-8,13H,2-4,9-10,15H2,1H3. The fourth-order valence-electron chi connectivity index (χ4n) is 2.45. The Morgan fingerprint density at radius 3 is 2.55 bits per heavy atom. The van der Waals surface area contributed by atoms with Gasteiger partial charge in [0.25, 0.3) is 0 Å². The minimum absolute atomic E-state index is 0.124. The topological polar surface area (TPSA) is 80.5 Å². The van der Waals surface area contributed by atoms with Crippen molar-refractivity contribution in [2.45, 2.75) is 31.1 Å². The summed E-state index contributed by atoms with van der Waals surface area (Å²) in [5.74, 6) is -0.180. The average molecular weight is 296 g/mol. The molecule has 1 amide bonds. The molecule has 0 spiro atoms. The first kappa shape index (κ1) is 14.8. The number of rotatable bonds is 3. The normalized spacial score (nSPS) is 21.4. The molecule has 6 heteroatoms. The van der Waals surface area contributed by atoms with Gasteiger partial charge < -0.3 is 10.6 Å². The van der Waals surface area contributed by atoms with Crippen molar-refractivity contribution in [3.05, 3.63) is 29.8 Å². The summed E-state index contributed by atoms with van der Waals surface area (Å²) in [5.41, 5.74) is 7.21. The average Bonchev–Trinajstić information content (AvgIpc) is 2.40. The Balaban J connectivity index is 2.06. The molecule has 1 fully saturated rings. The van der Waals surface area contributed by atoms with Crippen LogP contribution in [-0.4, -0.2) is 37.3 Å². The lowest BCUT2D eigenvalue weighted by atomic mass is 10.1. The number of anilines is 1. The quantitative estimate of drug-likeness (QED) is 0.850. The molecular formula is C14H20N2O3S. The van der Waals surface area contributed by atoms with E-state index in [0.717, 1.165) is 12.0 Å². The molecule has 1 aromatic rings. The van der Waals surface area contributed by atoms with Crippen molar-refractivity contribution in [3.8, 4) is 0 Å². The molecule has 2 N–H and O–H groups in total. The maximum atomic E-state index is 12.3. The van der Waals surface area contributed by atoms with Crippen molar-refractivity contribution >= 4 is 21.4 Å². The van der Waals surface area contributed by atoms with Gasteiger partial charge in [-0.15, -0.1) is 0 Å². The fourth-order valence-corrected chi connectivity index (χ4v) is 4.36. The molecule has 0 aromatic heterocycles. The second-order valence-electron chi connectivity index (χ2n) is 5.29. The highest BCUT2D eigenvalue weighted by atomic mass is 32.2. The molecule has 0 aliphatic carbocycles. The first-order valence-corrected chi connectivity index (χ1v) is 8.42. The number of sulfone groups is 1. The number of nitrogen functional groups attached to an aromatic ring is 1. The van der Waals surface area contributed by atoms with Crippen LogP contribution in [0.3, 0.4) is 0 Å². The molecule has 0 radical (unpaired) electrons. The summed E-state index contributed by atoms with van der Waals surface area (Å²) < 4.78 is 23.9. The number of carbonyl (C=O) groups is 1. The lowest BCUT2D eigenvalue weighted by Crippen LogP contribution is -2.43. The Hall–Kier alpha value is -1.56. The van der Waals surface area contributed by atoms with Gasteiger partial charge in [0.2, 0.25) is 5.91 Å². The van der Waals surface area contributed by atoms with Crippen molar-refractivity contribution in [2.75, 3.05) is 18.5 Å². The van der Waals surface area contributed by atoms with Crippen LogP contribution >= 0.6 is 0 Å². The number of amides is 1. The predicted octanol–water partition coefficient (Wildman–Crippen LogP) is 1.19. The second-order valence-corrected chi connectivity index (χ2v) is 7.59. The monoisotopic (exact) mass is 296 g/mol. The van der Waals surface area contributed by atoms with Crippen molar-refractivity contribution in [1.82, 2.24) is 4.90 Å². The van der Waals surface area contributed by atoms with Crippen LogP contribution in [0.4, 0.5) is 5.69 Å². The summed E-state index contributed by atoms with van der Waals surface area (Å²) in [5, 5.41) is -0.866. The lowest BCUT2D eigenvalue weighted by molar-refractivity contribution is -0.130. The van der Waals surface area contributed by atoms with E-state index >= 15 is 0 Å². The molecule has 1 unspecified atom stereocenters. The van der Waals surface area contributed by atoms with E-state index in [1.807, 2.05) is 12.1 Å². The molecule has 0 saturated carbocycles. The van der Waals surface area contributed by atoms with Gasteiger partial charge in [0, 0.05) is 19.3 Å². The molecule has 1 saturated heterocycles. The molecule has 1 heterocycles. The van der Waals surface area contributed by atoms with Crippen LogP contribution in [0.2, 0.25) is 0 Å². The van der Waals surface area contributed by atoms with E-state index < -0.39 is 15.1 Å². The lowest BCUT2D eigenvalue weighted by Gasteiger charge is -2.26. The Kier molecular flexibility index (Phi) is 4.32. The van der Waals surface area contributed by atoms with Crippen LogP contribution in [0.15, 0.2) is 24.3 Å². The number of nitrogens with two attached hydrogens (primary N) is 1. The number of nitrogens with zero attached hydrogens (tertiary/aromatic N) is 1. The first-order valence-electron chi connectivity index (χ1n) is 6.71. The van der Waals surface area contributed by atoms with Gasteiger partial charge in [-0.25, -0.2) is 8.42 Å². The van der Waals surface area contributed by atoms with Gasteiger partial charge in [0.05, 0.1) is 5.75 Å². The van der Waals surface area contributed by atoms with Crippen LogP contribution in [0, 0.1) is 0 Å². The van der Waals surface area contributed by atoms with E-state index in [9.17, 15) is 13.2 Å². The number of hydrogen-bond donors (Lipinski definition) is 1. The molecule has 20 heavy (non-hydrogen) atoms. The fraction of sp³-hybridized carbons (Fsp3) is 0.500. The van der Waals surface area contributed by atoms with E-state index in [1.165, 1.54) is 4.90 Å². The van der Waals surface area contributed by atoms with Crippen molar-refractivity contribution in [1.29, 1.82) is 0 Å². The maximum absolute atomic E-state index is 12.3. The van der Waals surface area contributed by atoms with Crippen LogP contribution in [0.25, 0.3) is 0 Å². The van der Waals surface area contributed by atoms with E-state index in [0.29, 0.717) is 25.1 Å². The summed E-state index contributed by atoms with van der Waals surface area (Å²) in [6, 6.07) is 7.22. The Morgan fingerprint density at radius 1 is 1.30 bits per heavy atom. The molecule has 0 bridgehead atoms. The van der Waals surface area contributed by atoms with E-state index in [1.54, 1.807) is 19.2 Å². The Labute approximate surface area is 119 Å². The molecule has 2 rings (SSSR count).